The van der Waals surface area contributed by atoms with Crippen LogP contribution in [0.25, 0.3) is 0 Å². The number of nitrogens with zero attached hydrogens (tertiary/aromatic N) is 2. The molecule has 0 spiro atoms. The normalized spacial score (nSPS) is 19.2. The van der Waals surface area contributed by atoms with Crippen molar-refractivity contribution in [1.29, 1.82) is 0 Å². The molecule has 2 amide bonds. The van der Waals surface area contributed by atoms with E-state index >= 15 is 0 Å². The van der Waals surface area contributed by atoms with E-state index in [2.05, 4.69) is 10.2 Å². The summed E-state index contributed by atoms with van der Waals surface area (Å²) >= 11 is 12.6. The Labute approximate surface area is 199 Å². The van der Waals surface area contributed by atoms with E-state index in [4.69, 9.17) is 23.2 Å². The lowest BCUT2D eigenvalue weighted by Crippen LogP contribution is -2.40. The zero-order chi connectivity index (χ0) is 22.5. The summed E-state index contributed by atoms with van der Waals surface area (Å²) in [6, 6.07) is 13.2. The molecule has 4 rings (SSSR count). The molecule has 170 valence electrons. The quantitative estimate of drug-likeness (QED) is 0.641. The van der Waals surface area contributed by atoms with Gasteiger partial charge in [0.15, 0.2) is 0 Å². The van der Waals surface area contributed by atoms with Crippen molar-refractivity contribution >= 4 is 40.7 Å². The van der Waals surface area contributed by atoms with Crippen LogP contribution in [0.2, 0.25) is 10.0 Å². The van der Waals surface area contributed by atoms with E-state index in [0.717, 1.165) is 62.1 Å². The molecule has 0 bridgehead atoms. The van der Waals surface area contributed by atoms with Gasteiger partial charge in [0.2, 0.25) is 11.8 Å². The Morgan fingerprint density at radius 2 is 1.62 bits per heavy atom. The lowest BCUT2D eigenvalue weighted by Gasteiger charge is -2.32. The van der Waals surface area contributed by atoms with Gasteiger partial charge in [0.1, 0.15) is 0 Å². The smallest absolute Gasteiger partial charge is 0.228 e. The first-order valence-electron chi connectivity index (χ1n) is 11.3. The molecule has 2 aliphatic rings. The summed E-state index contributed by atoms with van der Waals surface area (Å²) in [4.78, 5) is 29.4. The molecular weight excluding hydrogens is 445 g/mol. The largest absolute Gasteiger partial charge is 0.342 e. The highest BCUT2D eigenvalue weighted by molar-refractivity contribution is 6.35. The molecule has 5 nitrogen and oxygen atoms in total. The van der Waals surface area contributed by atoms with Crippen molar-refractivity contribution in [3.8, 4) is 0 Å². The third kappa shape index (κ3) is 5.83. The molecule has 0 aliphatic carbocycles. The van der Waals surface area contributed by atoms with E-state index in [1.54, 1.807) is 0 Å². The highest BCUT2D eigenvalue weighted by Crippen LogP contribution is 2.28. The second-order valence-electron chi connectivity index (χ2n) is 8.73. The number of hydrogen-bond acceptors (Lipinski definition) is 3. The van der Waals surface area contributed by atoms with Crippen molar-refractivity contribution in [3.05, 3.63) is 63.6 Å². The molecule has 2 aromatic rings. The van der Waals surface area contributed by atoms with Crippen molar-refractivity contribution in [3.63, 3.8) is 0 Å². The van der Waals surface area contributed by atoms with E-state index in [1.807, 2.05) is 47.4 Å². The summed E-state index contributed by atoms with van der Waals surface area (Å²) in [6.07, 6.45) is 4.43. The maximum atomic E-state index is 12.9. The van der Waals surface area contributed by atoms with Gasteiger partial charge in [-0.05, 0) is 62.1 Å². The van der Waals surface area contributed by atoms with Crippen LogP contribution in [0.15, 0.2) is 42.5 Å². The van der Waals surface area contributed by atoms with Crippen molar-refractivity contribution in [1.82, 2.24) is 9.80 Å². The second kappa shape index (κ2) is 10.7. The first-order chi connectivity index (χ1) is 15.5. The van der Waals surface area contributed by atoms with Crippen molar-refractivity contribution in [2.45, 2.75) is 38.6 Å². The van der Waals surface area contributed by atoms with E-state index in [9.17, 15) is 9.59 Å². The molecule has 2 aliphatic heterocycles. The SMILES string of the molecule is O=C(Nc1ccc(CC(=O)N2CCCC2)cc1)[C@H]1CCCN(Cc2c(Cl)cccc2Cl)C1. The van der Waals surface area contributed by atoms with Crippen molar-refractivity contribution in [2.24, 2.45) is 5.92 Å². The molecule has 0 saturated carbocycles. The molecule has 7 heteroatoms. The average molecular weight is 474 g/mol. The number of anilines is 1. The topological polar surface area (TPSA) is 52.7 Å². The van der Waals surface area contributed by atoms with E-state index < -0.39 is 0 Å². The molecule has 0 unspecified atom stereocenters. The van der Waals surface area contributed by atoms with Gasteiger partial charge in [-0.25, -0.2) is 0 Å². The Balaban J connectivity index is 1.30. The van der Waals surface area contributed by atoms with Gasteiger partial charge < -0.3 is 10.2 Å². The van der Waals surface area contributed by atoms with Crippen LogP contribution in [0.3, 0.4) is 0 Å². The van der Waals surface area contributed by atoms with Gasteiger partial charge in [-0.3, -0.25) is 14.5 Å². The van der Waals surface area contributed by atoms with E-state index in [0.29, 0.717) is 29.6 Å². The van der Waals surface area contributed by atoms with Gasteiger partial charge >= 0.3 is 0 Å². The molecular formula is C25H29Cl2N3O2. The first-order valence-corrected chi connectivity index (χ1v) is 12.1. The zero-order valence-electron chi connectivity index (χ0n) is 18.2. The molecule has 0 radical (unpaired) electrons. The zero-order valence-corrected chi connectivity index (χ0v) is 19.7. The number of halogens is 2. The minimum Gasteiger partial charge on any atom is -0.342 e. The summed E-state index contributed by atoms with van der Waals surface area (Å²) < 4.78 is 0. The Morgan fingerprint density at radius 1 is 0.938 bits per heavy atom. The van der Waals surface area contributed by atoms with Crippen LogP contribution in [-0.4, -0.2) is 47.8 Å². The van der Waals surface area contributed by atoms with Crippen LogP contribution in [0.1, 0.15) is 36.8 Å². The van der Waals surface area contributed by atoms with Crippen LogP contribution in [0, 0.1) is 5.92 Å². The summed E-state index contributed by atoms with van der Waals surface area (Å²) in [5, 5.41) is 4.36. The first kappa shape index (κ1) is 23.1. The molecule has 2 fully saturated rings. The lowest BCUT2D eigenvalue weighted by molar-refractivity contribution is -0.129. The van der Waals surface area contributed by atoms with Crippen molar-refractivity contribution in [2.75, 3.05) is 31.5 Å². The van der Waals surface area contributed by atoms with Crippen LogP contribution in [0.5, 0.6) is 0 Å². The summed E-state index contributed by atoms with van der Waals surface area (Å²) in [5.41, 5.74) is 2.65. The molecule has 2 heterocycles. The monoisotopic (exact) mass is 473 g/mol. The summed E-state index contributed by atoms with van der Waals surface area (Å²) in [5.74, 6) is 0.127. The number of carbonyl (C=O) groups is 2. The number of nitrogens with one attached hydrogen (secondary N) is 1. The fourth-order valence-electron chi connectivity index (χ4n) is 4.52. The van der Waals surface area contributed by atoms with Gasteiger partial charge in [-0.1, -0.05) is 41.4 Å². The van der Waals surface area contributed by atoms with Crippen LogP contribution >= 0.6 is 23.2 Å². The fourth-order valence-corrected chi connectivity index (χ4v) is 5.04. The van der Waals surface area contributed by atoms with Gasteiger partial charge in [0.25, 0.3) is 0 Å². The second-order valence-corrected chi connectivity index (χ2v) is 9.54. The number of hydrogen-bond donors (Lipinski definition) is 1. The number of piperidine rings is 1. The number of benzene rings is 2. The third-order valence-electron chi connectivity index (χ3n) is 6.36. The Morgan fingerprint density at radius 3 is 2.31 bits per heavy atom. The maximum Gasteiger partial charge on any atom is 0.228 e. The highest BCUT2D eigenvalue weighted by atomic mass is 35.5. The summed E-state index contributed by atoms with van der Waals surface area (Å²) in [7, 11) is 0. The molecule has 1 atom stereocenters. The van der Waals surface area contributed by atoms with Gasteiger partial charge in [0.05, 0.1) is 12.3 Å². The molecule has 0 aromatic heterocycles. The predicted octanol–water partition coefficient (Wildman–Crippen LogP) is 5.01. The molecule has 1 N–H and O–H groups in total. The van der Waals surface area contributed by atoms with E-state index in [1.165, 1.54) is 0 Å². The summed E-state index contributed by atoms with van der Waals surface area (Å²) in [6.45, 7) is 3.98. The molecule has 2 aromatic carbocycles. The number of rotatable bonds is 6. The lowest BCUT2D eigenvalue weighted by atomic mass is 9.96. The minimum atomic E-state index is -0.0820. The molecule has 2 saturated heterocycles. The Hall–Kier alpha value is -2.08. The maximum absolute atomic E-state index is 12.9. The van der Waals surface area contributed by atoms with Gasteiger partial charge in [-0.15, -0.1) is 0 Å². The fraction of sp³-hybridized carbons (Fsp3) is 0.440. The van der Waals surface area contributed by atoms with Gasteiger partial charge in [0, 0.05) is 47.5 Å². The number of likely N-dealkylation sites (tertiary alicyclic amines) is 2. The van der Waals surface area contributed by atoms with Crippen molar-refractivity contribution < 1.29 is 9.59 Å². The highest BCUT2D eigenvalue weighted by Gasteiger charge is 2.27. The Kier molecular flexibility index (Phi) is 7.71. The van der Waals surface area contributed by atoms with Gasteiger partial charge in [-0.2, -0.15) is 0 Å². The third-order valence-corrected chi connectivity index (χ3v) is 7.06. The van der Waals surface area contributed by atoms with E-state index in [-0.39, 0.29) is 17.7 Å². The van der Waals surface area contributed by atoms with Crippen LogP contribution in [-0.2, 0) is 22.6 Å². The Bertz CT molecular complexity index is 938. The van der Waals surface area contributed by atoms with Crippen LogP contribution < -0.4 is 5.32 Å². The minimum absolute atomic E-state index is 0.0286. The number of carbonyl (C=O) groups excluding carboxylic acids is 2. The number of amides is 2. The van der Waals surface area contributed by atoms with Crippen LogP contribution in [0.4, 0.5) is 5.69 Å². The standard InChI is InChI=1S/C25H29Cl2N3O2/c26-22-6-3-7-23(27)21(22)17-29-12-4-5-19(16-29)25(32)28-20-10-8-18(9-11-20)15-24(31)30-13-1-2-14-30/h3,6-11,19H,1-2,4-5,12-17H2,(H,28,32)/t19-/m0/s1. The molecule has 32 heavy (non-hydrogen) atoms. The predicted molar refractivity (Wildman–Crippen MR) is 129 cm³/mol. The average Bonchev–Trinajstić information content (AvgIpc) is 3.33.